The van der Waals surface area contributed by atoms with Crippen molar-refractivity contribution in [2.75, 3.05) is 18.9 Å². The van der Waals surface area contributed by atoms with Gasteiger partial charge in [0.25, 0.3) is 5.91 Å². The fourth-order valence-corrected chi connectivity index (χ4v) is 3.30. The minimum atomic E-state index is -0.181. The van der Waals surface area contributed by atoms with Crippen molar-refractivity contribution < 1.29 is 9.59 Å². The minimum Gasteiger partial charge on any atom is -0.355 e. The van der Waals surface area contributed by atoms with Crippen LogP contribution in [-0.4, -0.2) is 25.4 Å². The van der Waals surface area contributed by atoms with Crippen molar-refractivity contribution in [1.29, 1.82) is 0 Å². The molecular formula is C24H33N3O2. The van der Waals surface area contributed by atoms with Crippen LogP contribution in [0.1, 0.15) is 67.6 Å². The highest BCUT2D eigenvalue weighted by atomic mass is 16.2. The second-order valence-electron chi connectivity index (χ2n) is 7.79. The van der Waals surface area contributed by atoms with Crippen molar-refractivity contribution in [3.05, 3.63) is 65.2 Å². The van der Waals surface area contributed by atoms with E-state index < -0.39 is 0 Å². The quantitative estimate of drug-likeness (QED) is 0.586. The van der Waals surface area contributed by atoms with Crippen molar-refractivity contribution in [3.8, 4) is 0 Å². The summed E-state index contributed by atoms with van der Waals surface area (Å²) in [5.41, 5.74) is 3.64. The van der Waals surface area contributed by atoms with Gasteiger partial charge in [-0.3, -0.25) is 9.59 Å². The monoisotopic (exact) mass is 395 g/mol. The van der Waals surface area contributed by atoms with Crippen molar-refractivity contribution in [1.82, 2.24) is 10.6 Å². The molecule has 0 aliphatic heterocycles. The van der Waals surface area contributed by atoms with E-state index in [2.05, 4.69) is 67.9 Å². The van der Waals surface area contributed by atoms with Crippen molar-refractivity contribution in [2.24, 2.45) is 5.92 Å². The lowest BCUT2D eigenvalue weighted by Gasteiger charge is -2.23. The highest BCUT2D eigenvalue weighted by Gasteiger charge is 2.17. The molecule has 0 saturated heterocycles. The van der Waals surface area contributed by atoms with Gasteiger partial charge < -0.3 is 16.0 Å². The molecule has 0 radical (unpaired) electrons. The standard InChI is InChI=1S/C24H33N3O2/c1-6-17(4)18-10-12-19(13-11-18)23(16(2)3)26-15-22(28)27-21-9-7-8-20(14-21)24(29)25-5/h7-14,16-17,23,26H,6,15H2,1-5H3,(H,25,29)(H,27,28)/t17-,23-/m0/s1. The molecule has 0 aromatic heterocycles. The zero-order chi connectivity index (χ0) is 21.4. The molecule has 0 spiro atoms. The Morgan fingerprint density at radius 2 is 1.62 bits per heavy atom. The van der Waals surface area contributed by atoms with Crippen LogP contribution in [0.15, 0.2) is 48.5 Å². The minimum absolute atomic E-state index is 0.0870. The van der Waals surface area contributed by atoms with Gasteiger partial charge in [-0.25, -0.2) is 0 Å². The van der Waals surface area contributed by atoms with Crippen LogP contribution in [0.4, 0.5) is 5.69 Å². The third-order valence-electron chi connectivity index (χ3n) is 5.26. The van der Waals surface area contributed by atoms with Gasteiger partial charge in [0.1, 0.15) is 0 Å². The number of amides is 2. The van der Waals surface area contributed by atoms with E-state index in [4.69, 9.17) is 0 Å². The number of hydrogen-bond acceptors (Lipinski definition) is 3. The predicted molar refractivity (Wildman–Crippen MR) is 119 cm³/mol. The van der Waals surface area contributed by atoms with Crippen LogP contribution in [0.3, 0.4) is 0 Å². The van der Waals surface area contributed by atoms with Gasteiger partial charge in [0.2, 0.25) is 5.91 Å². The Balaban J connectivity index is 2.00. The molecule has 0 bridgehead atoms. The molecule has 3 N–H and O–H groups in total. The van der Waals surface area contributed by atoms with E-state index in [0.29, 0.717) is 23.1 Å². The average molecular weight is 396 g/mol. The number of rotatable bonds is 9. The van der Waals surface area contributed by atoms with Gasteiger partial charge in [-0.1, -0.05) is 58.0 Å². The summed E-state index contributed by atoms with van der Waals surface area (Å²) in [6.07, 6.45) is 1.12. The molecule has 5 heteroatoms. The Hall–Kier alpha value is -2.66. The fourth-order valence-electron chi connectivity index (χ4n) is 3.30. The molecule has 5 nitrogen and oxygen atoms in total. The Morgan fingerprint density at radius 3 is 2.21 bits per heavy atom. The first-order chi connectivity index (χ1) is 13.8. The van der Waals surface area contributed by atoms with Crippen LogP contribution in [0, 0.1) is 5.92 Å². The Labute approximate surface area is 174 Å². The maximum Gasteiger partial charge on any atom is 0.251 e. The summed E-state index contributed by atoms with van der Waals surface area (Å²) in [7, 11) is 1.58. The molecule has 0 unspecified atom stereocenters. The highest BCUT2D eigenvalue weighted by Crippen LogP contribution is 2.25. The van der Waals surface area contributed by atoms with Crippen LogP contribution in [0.2, 0.25) is 0 Å². The van der Waals surface area contributed by atoms with Crippen molar-refractivity contribution in [2.45, 2.75) is 46.1 Å². The van der Waals surface area contributed by atoms with Gasteiger partial charge >= 0.3 is 0 Å². The third-order valence-corrected chi connectivity index (χ3v) is 5.26. The summed E-state index contributed by atoms with van der Waals surface area (Å²) >= 11 is 0. The Morgan fingerprint density at radius 1 is 0.966 bits per heavy atom. The Bertz CT molecular complexity index is 815. The van der Waals surface area contributed by atoms with Gasteiger partial charge in [0.15, 0.2) is 0 Å². The fraction of sp³-hybridized carbons (Fsp3) is 0.417. The zero-order valence-corrected chi connectivity index (χ0v) is 18.1. The van der Waals surface area contributed by atoms with Crippen molar-refractivity contribution >= 4 is 17.5 Å². The van der Waals surface area contributed by atoms with E-state index in [1.165, 1.54) is 11.1 Å². The van der Waals surface area contributed by atoms with Gasteiger partial charge in [0.05, 0.1) is 6.54 Å². The van der Waals surface area contributed by atoms with Gasteiger partial charge in [-0.15, -0.1) is 0 Å². The lowest BCUT2D eigenvalue weighted by Crippen LogP contribution is -2.33. The second kappa shape index (κ2) is 10.8. The lowest BCUT2D eigenvalue weighted by molar-refractivity contribution is -0.115. The van der Waals surface area contributed by atoms with E-state index in [9.17, 15) is 9.59 Å². The summed E-state index contributed by atoms with van der Waals surface area (Å²) in [4.78, 5) is 24.2. The molecule has 2 aromatic carbocycles. The van der Waals surface area contributed by atoms with Crippen LogP contribution in [0.5, 0.6) is 0 Å². The van der Waals surface area contributed by atoms with Crippen LogP contribution in [-0.2, 0) is 4.79 Å². The molecule has 2 rings (SSSR count). The van der Waals surface area contributed by atoms with E-state index >= 15 is 0 Å². The first kappa shape index (κ1) is 22.6. The largest absolute Gasteiger partial charge is 0.355 e. The molecule has 0 aliphatic rings. The maximum atomic E-state index is 12.4. The first-order valence-corrected chi connectivity index (χ1v) is 10.3. The molecule has 2 amide bonds. The molecule has 156 valence electrons. The molecule has 0 aliphatic carbocycles. The molecular weight excluding hydrogens is 362 g/mol. The van der Waals surface area contributed by atoms with Crippen LogP contribution < -0.4 is 16.0 Å². The lowest BCUT2D eigenvalue weighted by atomic mass is 9.92. The van der Waals surface area contributed by atoms with E-state index in [1.807, 2.05) is 0 Å². The predicted octanol–water partition coefficient (Wildman–Crippen LogP) is 4.49. The summed E-state index contributed by atoms with van der Waals surface area (Å²) in [6, 6.07) is 15.7. The number of anilines is 1. The first-order valence-electron chi connectivity index (χ1n) is 10.3. The number of nitrogens with one attached hydrogen (secondary N) is 3. The number of carbonyl (C=O) groups excluding carboxylic acids is 2. The summed E-state index contributed by atoms with van der Waals surface area (Å²) in [6.45, 7) is 8.91. The SMILES string of the molecule is CC[C@H](C)c1ccc([C@@H](NCC(=O)Nc2cccc(C(=O)NC)c2)C(C)C)cc1. The van der Waals surface area contributed by atoms with Gasteiger partial charge in [0, 0.05) is 24.3 Å². The molecule has 0 fully saturated rings. The van der Waals surface area contributed by atoms with Gasteiger partial charge in [-0.2, -0.15) is 0 Å². The average Bonchev–Trinajstić information content (AvgIpc) is 2.73. The summed E-state index contributed by atoms with van der Waals surface area (Å²) < 4.78 is 0. The van der Waals surface area contributed by atoms with E-state index in [0.717, 1.165) is 6.42 Å². The second-order valence-corrected chi connectivity index (χ2v) is 7.79. The smallest absolute Gasteiger partial charge is 0.251 e. The third kappa shape index (κ3) is 6.43. The number of benzene rings is 2. The molecule has 2 aromatic rings. The number of hydrogen-bond donors (Lipinski definition) is 3. The molecule has 2 atom stereocenters. The van der Waals surface area contributed by atoms with Crippen LogP contribution in [0.25, 0.3) is 0 Å². The maximum absolute atomic E-state index is 12.4. The van der Waals surface area contributed by atoms with Crippen molar-refractivity contribution in [3.63, 3.8) is 0 Å². The normalized spacial score (nSPS) is 13.0. The summed E-state index contributed by atoms with van der Waals surface area (Å²) in [5, 5.41) is 8.82. The number of carbonyl (C=O) groups is 2. The zero-order valence-electron chi connectivity index (χ0n) is 18.1. The molecule has 0 heterocycles. The molecule has 29 heavy (non-hydrogen) atoms. The van der Waals surface area contributed by atoms with Gasteiger partial charge in [-0.05, 0) is 47.6 Å². The topological polar surface area (TPSA) is 70.2 Å². The van der Waals surface area contributed by atoms with E-state index in [-0.39, 0.29) is 24.4 Å². The molecule has 0 saturated carbocycles. The summed E-state index contributed by atoms with van der Waals surface area (Å²) in [5.74, 6) is 0.570. The van der Waals surface area contributed by atoms with Crippen LogP contribution >= 0.6 is 0 Å². The van der Waals surface area contributed by atoms with E-state index in [1.54, 1.807) is 31.3 Å². The Kier molecular flexibility index (Phi) is 8.40. The highest BCUT2D eigenvalue weighted by molar-refractivity contribution is 5.97.